The van der Waals surface area contributed by atoms with Crippen molar-refractivity contribution in [3.63, 3.8) is 0 Å². The van der Waals surface area contributed by atoms with Crippen LogP contribution < -0.4 is 5.32 Å². The van der Waals surface area contributed by atoms with E-state index in [4.69, 9.17) is 16.3 Å². The number of thiophene rings is 1. The van der Waals surface area contributed by atoms with Gasteiger partial charge in [0.15, 0.2) is 0 Å². The molecule has 0 fully saturated rings. The summed E-state index contributed by atoms with van der Waals surface area (Å²) in [6.07, 6.45) is -0.665. The maximum absolute atomic E-state index is 10.9. The first kappa shape index (κ1) is 12.3. The molecule has 15 heavy (non-hydrogen) atoms. The molecule has 0 aliphatic heterocycles. The van der Waals surface area contributed by atoms with E-state index in [0.717, 1.165) is 4.88 Å². The molecule has 0 saturated heterocycles. The lowest BCUT2D eigenvalue weighted by Gasteiger charge is -2.13. The number of amides is 1. The molecular weight excluding hydrogens is 238 g/mol. The van der Waals surface area contributed by atoms with Crippen LogP contribution in [0.3, 0.4) is 0 Å². The van der Waals surface area contributed by atoms with Crippen molar-refractivity contribution in [2.45, 2.75) is 6.10 Å². The zero-order chi connectivity index (χ0) is 11.3. The van der Waals surface area contributed by atoms with Crippen LogP contribution in [0, 0.1) is 0 Å². The highest BCUT2D eigenvalue weighted by atomic mass is 35.5. The molecule has 6 heteroatoms. The van der Waals surface area contributed by atoms with Gasteiger partial charge in [0.2, 0.25) is 0 Å². The van der Waals surface area contributed by atoms with Crippen LogP contribution in [0.25, 0.3) is 0 Å². The third kappa shape index (κ3) is 3.70. The molecule has 1 aromatic heterocycles. The minimum absolute atomic E-state index is 0.193. The number of alkyl carbamates (subject to hydrolysis) is 1. The van der Waals surface area contributed by atoms with E-state index in [1.807, 2.05) is 6.07 Å². The van der Waals surface area contributed by atoms with Gasteiger partial charge < -0.3 is 14.8 Å². The molecule has 0 saturated carbocycles. The summed E-state index contributed by atoms with van der Waals surface area (Å²) in [4.78, 5) is 11.8. The summed E-state index contributed by atoms with van der Waals surface area (Å²) in [7, 11) is 2.90. The Bertz CT molecular complexity index is 329. The Balaban J connectivity index is 2.53. The maximum Gasteiger partial charge on any atom is 0.406 e. The summed E-state index contributed by atoms with van der Waals surface area (Å²) in [5, 5.41) is 2.57. The van der Waals surface area contributed by atoms with Gasteiger partial charge in [0.1, 0.15) is 6.10 Å². The SMILES string of the molecule is COC(=O)NC[C@@H](OC)c1ccc(Cl)s1. The molecular formula is C9H12ClNO3S. The molecule has 0 bridgehead atoms. The summed E-state index contributed by atoms with van der Waals surface area (Å²) in [6, 6.07) is 3.67. The number of hydrogen-bond donors (Lipinski definition) is 1. The van der Waals surface area contributed by atoms with E-state index in [0.29, 0.717) is 10.9 Å². The fourth-order valence-electron chi connectivity index (χ4n) is 1.05. The first-order valence-corrected chi connectivity index (χ1v) is 5.46. The number of ether oxygens (including phenoxy) is 2. The Hall–Kier alpha value is -0.780. The van der Waals surface area contributed by atoms with Crippen molar-refractivity contribution in [3.05, 3.63) is 21.3 Å². The van der Waals surface area contributed by atoms with E-state index in [9.17, 15) is 4.79 Å². The third-order valence-corrected chi connectivity index (χ3v) is 3.14. The van der Waals surface area contributed by atoms with Gasteiger partial charge in [-0.1, -0.05) is 11.6 Å². The van der Waals surface area contributed by atoms with Crippen LogP contribution >= 0.6 is 22.9 Å². The number of hydrogen-bond acceptors (Lipinski definition) is 4. The smallest absolute Gasteiger partial charge is 0.406 e. The highest BCUT2D eigenvalue weighted by Crippen LogP contribution is 2.28. The number of halogens is 1. The van der Waals surface area contributed by atoms with E-state index in [1.165, 1.54) is 18.4 Å². The van der Waals surface area contributed by atoms with Crippen molar-refractivity contribution in [3.8, 4) is 0 Å². The first-order valence-electron chi connectivity index (χ1n) is 4.27. The molecule has 1 atom stereocenters. The largest absolute Gasteiger partial charge is 0.453 e. The Morgan fingerprint density at radius 3 is 2.80 bits per heavy atom. The lowest BCUT2D eigenvalue weighted by molar-refractivity contribution is 0.101. The van der Waals surface area contributed by atoms with Gasteiger partial charge in [-0.15, -0.1) is 11.3 Å². The van der Waals surface area contributed by atoms with Crippen LogP contribution in [0.2, 0.25) is 4.34 Å². The number of rotatable bonds is 4. The number of methoxy groups -OCH3 is 2. The van der Waals surface area contributed by atoms with Crippen molar-refractivity contribution in [2.75, 3.05) is 20.8 Å². The Labute approximate surface area is 97.1 Å². The van der Waals surface area contributed by atoms with Crippen LogP contribution in [0.4, 0.5) is 4.79 Å². The van der Waals surface area contributed by atoms with Gasteiger partial charge in [-0.05, 0) is 12.1 Å². The van der Waals surface area contributed by atoms with Gasteiger partial charge in [0, 0.05) is 12.0 Å². The van der Waals surface area contributed by atoms with Crippen LogP contribution in [0.15, 0.2) is 12.1 Å². The lowest BCUT2D eigenvalue weighted by Crippen LogP contribution is -2.28. The molecule has 1 heterocycles. The minimum Gasteiger partial charge on any atom is -0.453 e. The van der Waals surface area contributed by atoms with E-state index in [-0.39, 0.29) is 6.10 Å². The third-order valence-electron chi connectivity index (χ3n) is 1.81. The van der Waals surface area contributed by atoms with Crippen LogP contribution in [-0.4, -0.2) is 26.9 Å². The molecule has 1 N–H and O–H groups in total. The number of carbonyl (C=O) groups is 1. The second-order valence-corrected chi connectivity index (χ2v) is 4.49. The molecule has 1 aromatic rings. The van der Waals surface area contributed by atoms with Gasteiger partial charge in [-0.3, -0.25) is 0 Å². The molecule has 0 aromatic carbocycles. The molecule has 0 unspecified atom stereocenters. The summed E-state index contributed by atoms with van der Waals surface area (Å²) < 4.78 is 10.4. The van der Waals surface area contributed by atoms with Gasteiger partial charge in [-0.2, -0.15) is 0 Å². The van der Waals surface area contributed by atoms with Crippen LogP contribution in [-0.2, 0) is 9.47 Å². The Morgan fingerprint density at radius 1 is 1.60 bits per heavy atom. The molecule has 1 amide bonds. The average Bonchev–Trinajstić information content (AvgIpc) is 2.65. The first-order chi connectivity index (χ1) is 7.17. The van der Waals surface area contributed by atoms with E-state index < -0.39 is 6.09 Å². The molecule has 0 aliphatic carbocycles. The van der Waals surface area contributed by atoms with Gasteiger partial charge in [0.25, 0.3) is 0 Å². The molecule has 4 nitrogen and oxygen atoms in total. The summed E-state index contributed by atoms with van der Waals surface area (Å²) in [6.45, 7) is 0.361. The Kier molecular flexibility index (Phi) is 4.87. The normalized spacial score (nSPS) is 12.2. The highest BCUT2D eigenvalue weighted by Gasteiger charge is 2.14. The van der Waals surface area contributed by atoms with Crippen molar-refractivity contribution in [1.29, 1.82) is 0 Å². The second-order valence-electron chi connectivity index (χ2n) is 2.74. The number of carbonyl (C=O) groups excluding carboxylic acids is 1. The average molecular weight is 250 g/mol. The monoisotopic (exact) mass is 249 g/mol. The predicted octanol–water partition coefficient (Wildman–Crippen LogP) is 2.45. The quantitative estimate of drug-likeness (QED) is 0.892. The molecule has 0 spiro atoms. The van der Waals surface area contributed by atoms with Gasteiger partial charge in [0.05, 0.1) is 18.0 Å². The summed E-state index contributed by atoms with van der Waals surface area (Å²) in [5.41, 5.74) is 0. The lowest BCUT2D eigenvalue weighted by atomic mass is 10.3. The van der Waals surface area contributed by atoms with E-state index in [1.54, 1.807) is 13.2 Å². The maximum atomic E-state index is 10.9. The van der Waals surface area contributed by atoms with Crippen molar-refractivity contribution >= 4 is 29.0 Å². The highest BCUT2D eigenvalue weighted by molar-refractivity contribution is 7.16. The van der Waals surface area contributed by atoms with Crippen molar-refractivity contribution < 1.29 is 14.3 Å². The molecule has 0 aliphatic rings. The van der Waals surface area contributed by atoms with Crippen LogP contribution in [0.5, 0.6) is 0 Å². The molecule has 84 valence electrons. The fourth-order valence-corrected chi connectivity index (χ4v) is 2.19. The van der Waals surface area contributed by atoms with Crippen molar-refractivity contribution in [2.24, 2.45) is 0 Å². The zero-order valence-corrected chi connectivity index (χ0v) is 10.0. The van der Waals surface area contributed by atoms with Gasteiger partial charge >= 0.3 is 6.09 Å². The Morgan fingerprint density at radius 2 is 2.33 bits per heavy atom. The molecule has 1 rings (SSSR count). The fraction of sp³-hybridized carbons (Fsp3) is 0.444. The summed E-state index contributed by atoms with van der Waals surface area (Å²) in [5.74, 6) is 0. The zero-order valence-electron chi connectivity index (χ0n) is 8.45. The molecule has 0 radical (unpaired) electrons. The van der Waals surface area contributed by atoms with Crippen molar-refractivity contribution in [1.82, 2.24) is 5.32 Å². The van der Waals surface area contributed by atoms with E-state index in [2.05, 4.69) is 10.1 Å². The van der Waals surface area contributed by atoms with E-state index >= 15 is 0 Å². The minimum atomic E-state index is -0.472. The van der Waals surface area contributed by atoms with Gasteiger partial charge in [-0.25, -0.2) is 4.79 Å². The predicted molar refractivity (Wildman–Crippen MR) is 59.5 cm³/mol. The topological polar surface area (TPSA) is 47.6 Å². The second kappa shape index (κ2) is 5.95. The number of nitrogens with one attached hydrogen (secondary N) is 1. The van der Waals surface area contributed by atoms with Crippen LogP contribution in [0.1, 0.15) is 11.0 Å². The standard InChI is InChI=1S/C9H12ClNO3S/c1-13-6(5-11-9(12)14-2)7-3-4-8(10)15-7/h3-4,6H,5H2,1-2H3,(H,11,12)/t6-/m1/s1. The summed E-state index contributed by atoms with van der Waals surface area (Å²) >= 11 is 7.23.